The molecule has 4 N–H and O–H groups in total. The van der Waals surface area contributed by atoms with Crippen LogP contribution in [0.1, 0.15) is 11.1 Å². The molecule has 0 heterocycles. The number of nitrogens with one attached hydrogen (secondary N) is 2. The normalized spacial score (nSPS) is 12.7. The van der Waals surface area contributed by atoms with Gasteiger partial charge in [0.25, 0.3) is 20.2 Å². The van der Waals surface area contributed by atoms with Crippen molar-refractivity contribution in [2.24, 2.45) is 10.2 Å². The van der Waals surface area contributed by atoms with Crippen LogP contribution in [0.15, 0.2) is 56.4 Å². The van der Waals surface area contributed by atoms with E-state index in [0.717, 1.165) is 6.07 Å². The lowest BCUT2D eigenvalue weighted by Gasteiger charge is -2.09. The Labute approximate surface area is 162 Å². The Kier molecular flexibility index (Phi) is 6.64. The van der Waals surface area contributed by atoms with E-state index in [0.29, 0.717) is 5.69 Å². The summed E-state index contributed by atoms with van der Waals surface area (Å²) < 4.78 is 65.6. The molecule has 2 aromatic rings. The minimum atomic E-state index is -4.57. The van der Waals surface area contributed by atoms with Gasteiger partial charge in [-0.3, -0.25) is 9.11 Å². The summed E-state index contributed by atoms with van der Waals surface area (Å²) in [7, 11) is -6.13. The van der Waals surface area contributed by atoms with Crippen LogP contribution in [0.25, 0.3) is 12.2 Å². The fourth-order valence-electron chi connectivity index (χ4n) is 2.36. The van der Waals surface area contributed by atoms with Crippen LogP contribution in [0.2, 0.25) is 0 Å². The summed E-state index contributed by atoms with van der Waals surface area (Å²) >= 11 is 0. The molecule has 0 saturated carbocycles. The van der Waals surface area contributed by atoms with E-state index in [1.807, 2.05) is 0 Å². The van der Waals surface area contributed by atoms with Crippen molar-refractivity contribution in [2.45, 2.75) is 9.79 Å². The molecule has 0 aliphatic rings. The largest absolute Gasteiger partial charge is 0.322 e. The van der Waals surface area contributed by atoms with Gasteiger partial charge in [-0.1, -0.05) is 24.3 Å². The Hall–Kier alpha value is -2.64. The second-order valence-corrected chi connectivity index (χ2v) is 8.21. The van der Waals surface area contributed by atoms with Gasteiger partial charge in [0.15, 0.2) is 0 Å². The predicted molar refractivity (Wildman–Crippen MR) is 105 cm³/mol. The molecule has 0 aliphatic heterocycles. The average molecular weight is 426 g/mol. The van der Waals surface area contributed by atoms with Gasteiger partial charge >= 0.3 is 0 Å². The van der Waals surface area contributed by atoms with Crippen molar-refractivity contribution in [1.82, 2.24) is 5.43 Å². The summed E-state index contributed by atoms with van der Waals surface area (Å²) in [6, 6.07) is 8.18. The first-order chi connectivity index (χ1) is 13.1. The summed E-state index contributed by atoms with van der Waals surface area (Å²) in [6.45, 7) is 0. The van der Waals surface area contributed by atoms with Gasteiger partial charge < -0.3 is 5.43 Å². The molecule has 0 unspecified atom stereocenters. The molecular formula is C16H18N4O6S2. The summed E-state index contributed by atoms with van der Waals surface area (Å²) in [5.74, 6) is 0. The zero-order valence-electron chi connectivity index (χ0n) is 14.9. The van der Waals surface area contributed by atoms with Crippen molar-refractivity contribution in [3.05, 3.63) is 47.5 Å². The highest BCUT2D eigenvalue weighted by Crippen LogP contribution is 2.26. The van der Waals surface area contributed by atoms with Crippen molar-refractivity contribution in [3.63, 3.8) is 0 Å². The highest BCUT2D eigenvalue weighted by Gasteiger charge is 2.17. The molecule has 0 bridgehead atoms. The van der Waals surface area contributed by atoms with Crippen LogP contribution in [0.4, 0.5) is 11.4 Å². The van der Waals surface area contributed by atoms with Gasteiger partial charge in [0.2, 0.25) is 0 Å². The number of nitrogens with zero attached hydrogens (tertiary/aromatic N) is 2. The Morgan fingerprint density at radius 2 is 1.43 bits per heavy atom. The fraction of sp³-hybridized carbons (Fsp3) is 0.125. The van der Waals surface area contributed by atoms with E-state index in [1.54, 1.807) is 13.1 Å². The quantitative estimate of drug-likeness (QED) is 0.228. The summed E-state index contributed by atoms with van der Waals surface area (Å²) in [4.78, 5) is -0.802. The maximum Gasteiger partial charge on any atom is 0.295 e. The molecule has 10 nitrogen and oxygen atoms in total. The van der Waals surface area contributed by atoms with Gasteiger partial charge in [-0.15, -0.1) is 0 Å². The van der Waals surface area contributed by atoms with Gasteiger partial charge in [0, 0.05) is 14.1 Å². The highest BCUT2D eigenvalue weighted by molar-refractivity contribution is 7.86. The van der Waals surface area contributed by atoms with Gasteiger partial charge in [0.05, 0.1) is 11.4 Å². The molecule has 2 aromatic carbocycles. The Morgan fingerprint density at radius 1 is 0.893 bits per heavy atom. The first-order valence-electron chi connectivity index (χ1n) is 7.70. The maximum atomic E-state index is 11.7. The van der Waals surface area contributed by atoms with E-state index in [9.17, 15) is 25.9 Å². The number of anilines is 1. The molecule has 0 aliphatic carbocycles. The molecule has 28 heavy (non-hydrogen) atoms. The first-order valence-corrected chi connectivity index (χ1v) is 10.6. The molecule has 150 valence electrons. The van der Waals surface area contributed by atoms with Crippen molar-refractivity contribution in [2.75, 3.05) is 19.5 Å². The van der Waals surface area contributed by atoms with Crippen molar-refractivity contribution >= 4 is 43.8 Å². The van der Waals surface area contributed by atoms with Crippen molar-refractivity contribution in [1.29, 1.82) is 0 Å². The lowest BCUT2D eigenvalue weighted by molar-refractivity contribution is 0.480. The molecule has 0 spiro atoms. The van der Waals surface area contributed by atoms with E-state index in [1.165, 1.54) is 43.5 Å². The van der Waals surface area contributed by atoms with Crippen molar-refractivity contribution in [3.8, 4) is 0 Å². The van der Waals surface area contributed by atoms with Crippen LogP contribution >= 0.6 is 0 Å². The zero-order chi connectivity index (χ0) is 20.9. The third-order valence-corrected chi connectivity index (χ3v) is 5.31. The fourth-order valence-corrected chi connectivity index (χ4v) is 3.77. The van der Waals surface area contributed by atoms with Crippen LogP contribution in [0, 0.1) is 0 Å². The summed E-state index contributed by atoms with van der Waals surface area (Å²) in [5, 5.41) is 7.25. The smallest absolute Gasteiger partial charge is 0.295 e. The van der Waals surface area contributed by atoms with Crippen LogP contribution in [0.3, 0.4) is 0 Å². The molecule has 0 saturated heterocycles. The number of rotatable bonds is 7. The zero-order valence-corrected chi connectivity index (χ0v) is 16.5. The maximum absolute atomic E-state index is 11.7. The number of azo groups is 1. The van der Waals surface area contributed by atoms with Crippen LogP contribution in [-0.2, 0) is 20.2 Å². The standard InChI is InChI=1S/C16H18N4O6S2/c1-17-19-13-7-5-11(15(9-13)27(21,22)23)3-4-12-6-8-14(20-18-2)10-16(12)28(24,25)26/h3-10,17,19H,1-2H3,(H,21,22,23)(H,24,25,26)/b4-3+,20-18?. The first kappa shape index (κ1) is 21.7. The van der Waals surface area contributed by atoms with E-state index in [4.69, 9.17) is 0 Å². The van der Waals surface area contributed by atoms with E-state index in [2.05, 4.69) is 21.1 Å². The van der Waals surface area contributed by atoms with Gasteiger partial charge in [-0.2, -0.15) is 27.1 Å². The monoisotopic (exact) mass is 426 g/mol. The molecule has 0 radical (unpaired) electrons. The lowest BCUT2D eigenvalue weighted by atomic mass is 10.1. The summed E-state index contributed by atoms with van der Waals surface area (Å²) in [6.07, 6.45) is 2.60. The van der Waals surface area contributed by atoms with Crippen LogP contribution in [-0.4, -0.2) is 40.0 Å². The number of hydrogen-bond donors (Lipinski definition) is 4. The third kappa shape index (κ3) is 5.43. The van der Waals surface area contributed by atoms with E-state index >= 15 is 0 Å². The van der Waals surface area contributed by atoms with Crippen molar-refractivity contribution < 1.29 is 25.9 Å². The number of benzene rings is 2. The average Bonchev–Trinajstić information content (AvgIpc) is 2.60. The van der Waals surface area contributed by atoms with Gasteiger partial charge in [0.1, 0.15) is 9.79 Å². The number of hydrogen-bond acceptors (Lipinski definition) is 8. The molecule has 0 atom stereocenters. The Morgan fingerprint density at radius 3 is 1.93 bits per heavy atom. The second kappa shape index (κ2) is 8.58. The predicted octanol–water partition coefficient (Wildman–Crippen LogP) is 2.61. The molecule has 0 aromatic heterocycles. The van der Waals surface area contributed by atoms with E-state index < -0.39 is 25.1 Å². The van der Waals surface area contributed by atoms with Gasteiger partial charge in [-0.25, -0.2) is 5.43 Å². The minimum Gasteiger partial charge on any atom is -0.322 e. The molecule has 0 amide bonds. The van der Waals surface area contributed by atoms with Crippen LogP contribution < -0.4 is 10.9 Å². The topological polar surface area (TPSA) is 158 Å². The molecule has 2 rings (SSSR count). The highest BCUT2D eigenvalue weighted by atomic mass is 32.2. The molecule has 0 fully saturated rings. The third-order valence-electron chi connectivity index (χ3n) is 3.49. The minimum absolute atomic E-state index is 0.0938. The SMILES string of the molecule is CN=Nc1ccc(/C=C/c2ccc(NNC)cc2S(=O)(=O)O)c(S(=O)(=O)O)c1. The molecule has 12 heteroatoms. The lowest BCUT2D eigenvalue weighted by Crippen LogP contribution is -2.15. The Bertz CT molecular complexity index is 1140. The van der Waals surface area contributed by atoms with Gasteiger partial charge in [-0.05, 0) is 35.4 Å². The van der Waals surface area contributed by atoms with Crippen LogP contribution in [0.5, 0.6) is 0 Å². The number of hydrazine groups is 1. The Balaban J connectivity index is 2.57. The second-order valence-electron chi connectivity index (χ2n) is 5.43. The summed E-state index contributed by atoms with van der Waals surface area (Å²) in [5.41, 5.74) is 6.12. The van der Waals surface area contributed by atoms with E-state index in [-0.39, 0.29) is 21.7 Å². The molecular weight excluding hydrogens is 408 g/mol.